The summed E-state index contributed by atoms with van der Waals surface area (Å²) >= 11 is 5.83. The quantitative estimate of drug-likeness (QED) is 0.704. The van der Waals surface area contributed by atoms with Gasteiger partial charge >= 0.3 is 0 Å². The number of fused-ring (bicyclic) bond motifs is 1. The molecule has 1 aliphatic heterocycles. The van der Waals surface area contributed by atoms with E-state index in [0.29, 0.717) is 48.6 Å². The summed E-state index contributed by atoms with van der Waals surface area (Å²) in [7, 11) is 0. The Balaban J connectivity index is 1.53. The molecule has 1 amide bonds. The molecule has 0 spiro atoms. The number of hydrogen-bond donors (Lipinski definition) is 1. The van der Waals surface area contributed by atoms with Crippen LogP contribution in [0.1, 0.15) is 0 Å². The minimum atomic E-state index is -0.371. The molecule has 144 valence electrons. The fraction of sp³-hybridized carbons (Fsp3) is 0.278. The number of anilines is 2. The van der Waals surface area contributed by atoms with Crippen LogP contribution < -0.4 is 15.8 Å². The van der Waals surface area contributed by atoms with Crippen LogP contribution in [0.15, 0.2) is 41.6 Å². The van der Waals surface area contributed by atoms with Crippen molar-refractivity contribution in [3.05, 3.63) is 52.2 Å². The van der Waals surface area contributed by atoms with Gasteiger partial charge in [-0.15, -0.1) is 0 Å². The van der Waals surface area contributed by atoms with Crippen LogP contribution in [0.3, 0.4) is 0 Å². The van der Waals surface area contributed by atoms with Gasteiger partial charge in [0.2, 0.25) is 11.9 Å². The first-order valence-corrected chi connectivity index (χ1v) is 9.08. The molecule has 1 aromatic carbocycles. The van der Waals surface area contributed by atoms with Crippen molar-refractivity contribution in [1.82, 2.24) is 19.5 Å². The molecule has 10 heteroatoms. The Morgan fingerprint density at radius 1 is 1.18 bits per heavy atom. The zero-order valence-electron chi connectivity index (χ0n) is 14.8. The first-order chi connectivity index (χ1) is 13.6. The molecular formula is C18H17ClN6O3. The molecule has 1 aliphatic rings. The highest BCUT2D eigenvalue weighted by Gasteiger charge is 2.16. The van der Waals surface area contributed by atoms with Crippen LogP contribution in [0.4, 0.5) is 11.6 Å². The van der Waals surface area contributed by atoms with E-state index in [1.807, 2.05) is 4.90 Å². The number of amides is 1. The van der Waals surface area contributed by atoms with Crippen molar-refractivity contribution in [2.45, 2.75) is 6.54 Å². The third kappa shape index (κ3) is 3.95. The van der Waals surface area contributed by atoms with E-state index in [9.17, 15) is 9.59 Å². The Labute approximate surface area is 164 Å². The molecule has 0 saturated carbocycles. The second-order valence-corrected chi connectivity index (χ2v) is 6.68. The van der Waals surface area contributed by atoms with E-state index in [4.69, 9.17) is 16.3 Å². The molecule has 28 heavy (non-hydrogen) atoms. The zero-order valence-corrected chi connectivity index (χ0v) is 15.6. The minimum absolute atomic E-state index is 0.171. The van der Waals surface area contributed by atoms with E-state index in [0.717, 1.165) is 0 Å². The van der Waals surface area contributed by atoms with Crippen molar-refractivity contribution in [2.24, 2.45) is 0 Å². The molecule has 3 heterocycles. The number of carbonyl (C=O) groups excluding carboxylic acids is 1. The van der Waals surface area contributed by atoms with Gasteiger partial charge in [0.25, 0.3) is 5.56 Å². The summed E-state index contributed by atoms with van der Waals surface area (Å²) in [5, 5.41) is 3.55. The van der Waals surface area contributed by atoms with Gasteiger partial charge in [0.15, 0.2) is 5.65 Å². The molecule has 9 nitrogen and oxygen atoms in total. The lowest BCUT2D eigenvalue weighted by Gasteiger charge is -2.26. The Bertz CT molecular complexity index is 1060. The van der Waals surface area contributed by atoms with Crippen LogP contribution in [0.5, 0.6) is 0 Å². The minimum Gasteiger partial charge on any atom is -0.378 e. The van der Waals surface area contributed by atoms with Crippen LogP contribution in [0.25, 0.3) is 11.0 Å². The van der Waals surface area contributed by atoms with E-state index in [1.165, 1.54) is 17.1 Å². The lowest BCUT2D eigenvalue weighted by molar-refractivity contribution is -0.116. The molecule has 4 rings (SSSR count). The van der Waals surface area contributed by atoms with Crippen LogP contribution in [0, 0.1) is 0 Å². The molecule has 0 aliphatic carbocycles. The number of aromatic nitrogens is 4. The van der Waals surface area contributed by atoms with Crippen molar-refractivity contribution in [3.63, 3.8) is 0 Å². The number of carbonyl (C=O) groups is 1. The number of halogens is 1. The number of morpholine rings is 1. The molecule has 2 aromatic heterocycles. The summed E-state index contributed by atoms with van der Waals surface area (Å²) in [6, 6.07) is 6.71. The number of nitrogens with zero attached hydrogens (tertiary/aromatic N) is 5. The average molecular weight is 401 g/mol. The third-order valence-corrected chi connectivity index (χ3v) is 4.55. The SMILES string of the molecule is O=C(Cn1cnc2nc(N3CCOCC3)ncc2c1=O)Nc1ccc(Cl)cc1. The number of hydrogen-bond acceptors (Lipinski definition) is 7. The zero-order chi connectivity index (χ0) is 19.5. The van der Waals surface area contributed by atoms with E-state index in [1.54, 1.807) is 24.3 Å². The summed E-state index contributed by atoms with van der Waals surface area (Å²) in [6.07, 6.45) is 2.78. The van der Waals surface area contributed by atoms with Crippen LogP contribution >= 0.6 is 11.6 Å². The molecular weight excluding hydrogens is 384 g/mol. The molecule has 0 radical (unpaired) electrons. The monoisotopic (exact) mass is 400 g/mol. The Morgan fingerprint density at radius 2 is 1.93 bits per heavy atom. The fourth-order valence-electron chi connectivity index (χ4n) is 2.86. The molecule has 1 fully saturated rings. The second kappa shape index (κ2) is 7.91. The average Bonchev–Trinajstić information content (AvgIpc) is 2.72. The largest absolute Gasteiger partial charge is 0.378 e. The highest BCUT2D eigenvalue weighted by molar-refractivity contribution is 6.30. The van der Waals surface area contributed by atoms with Gasteiger partial charge in [0, 0.05) is 30.0 Å². The van der Waals surface area contributed by atoms with Crippen molar-refractivity contribution in [2.75, 3.05) is 36.5 Å². The van der Waals surface area contributed by atoms with Gasteiger partial charge in [-0.1, -0.05) is 11.6 Å². The highest BCUT2D eigenvalue weighted by Crippen LogP contribution is 2.14. The van der Waals surface area contributed by atoms with Crippen LogP contribution in [0.2, 0.25) is 5.02 Å². The maximum absolute atomic E-state index is 12.7. The van der Waals surface area contributed by atoms with Gasteiger partial charge in [0.05, 0.1) is 13.2 Å². The smallest absolute Gasteiger partial charge is 0.264 e. The normalized spacial score (nSPS) is 14.2. The first-order valence-electron chi connectivity index (χ1n) is 8.70. The Kier molecular flexibility index (Phi) is 5.18. The van der Waals surface area contributed by atoms with E-state index in [2.05, 4.69) is 20.3 Å². The van der Waals surface area contributed by atoms with E-state index < -0.39 is 0 Å². The Hall–Kier alpha value is -3.04. The lowest BCUT2D eigenvalue weighted by Crippen LogP contribution is -2.37. The van der Waals surface area contributed by atoms with Crippen molar-refractivity contribution in [3.8, 4) is 0 Å². The summed E-state index contributed by atoms with van der Waals surface area (Å²) in [4.78, 5) is 39.8. The molecule has 0 atom stereocenters. The third-order valence-electron chi connectivity index (χ3n) is 4.30. The molecule has 1 saturated heterocycles. The van der Waals surface area contributed by atoms with Crippen molar-refractivity contribution >= 4 is 40.2 Å². The van der Waals surface area contributed by atoms with Gasteiger partial charge in [-0.25, -0.2) is 9.97 Å². The fourth-order valence-corrected chi connectivity index (χ4v) is 2.99. The van der Waals surface area contributed by atoms with Gasteiger partial charge < -0.3 is 15.0 Å². The summed E-state index contributed by atoms with van der Waals surface area (Å²) in [5.41, 5.74) is 0.523. The first kappa shape index (κ1) is 18.3. The van der Waals surface area contributed by atoms with Gasteiger partial charge in [0.1, 0.15) is 18.3 Å². The van der Waals surface area contributed by atoms with Gasteiger partial charge in [-0.2, -0.15) is 4.98 Å². The predicted molar refractivity (Wildman–Crippen MR) is 105 cm³/mol. The molecule has 0 unspecified atom stereocenters. The summed E-state index contributed by atoms with van der Waals surface area (Å²) < 4.78 is 6.55. The Morgan fingerprint density at radius 3 is 2.68 bits per heavy atom. The summed E-state index contributed by atoms with van der Waals surface area (Å²) in [5.74, 6) is 0.164. The van der Waals surface area contributed by atoms with Crippen LogP contribution in [-0.2, 0) is 16.1 Å². The topological polar surface area (TPSA) is 102 Å². The van der Waals surface area contributed by atoms with Gasteiger partial charge in [-0.3, -0.25) is 14.2 Å². The van der Waals surface area contributed by atoms with Crippen molar-refractivity contribution < 1.29 is 9.53 Å². The van der Waals surface area contributed by atoms with E-state index in [-0.39, 0.29) is 23.4 Å². The molecule has 0 bridgehead atoms. The highest BCUT2D eigenvalue weighted by atomic mass is 35.5. The lowest BCUT2D eigenvalue weighted by atomic mass is 10.3. The number of ether oxygens (including phenoxy) is 1. The molecule has 1 N–H and O–H groups in total. The number of nitrogens with one attached hydrogen (secondary N) is 1. The van der Waals surface area contributed by atoms with Crippen LogP contribution in [-0.4, -0.2) is 51.7 Å². The van der Waals surface area contributed by atoms with E-state index >= 15 is 0 Å². The number of benzene rings is 1. The standard InChI is InChI=1S/C18H17ClN6O3/c19-12-1-3-13(4-2-12)22-15(26)10-25-11-21-16-14(17(25)27)9-20-18(23-16)24-5-7-28-8-6-24/h1-4,9,11H,5-8,10H2,(H,22,26). The number of rotatable bonds is 4. The molecule has 3 aromatic rings. The van der Waals surface area contributed by atoms with Crippen molar-refractivity contribution in [1.29, 1.82) is 0 Å². The van der Waals surface area contributed by atoms with Gasteiger partial charge in [-0.05, 0) is 24.3 Å². The maximum atomic E-state index is 12.7. The summed E-state index contributed by atoms with van der Waals surface area (Å²) in [6.45, 7) is 2.43. The second-order valence-electron chi connectivity index (χ2n) is 6.24. The predicted octanol–water partition coefficient (Wildman–Crippen LogP) is 1.32. The maximum Gasteiger partial charge on any atom is 0.264 e.